The van der Waals surface area contributed by atoms with Crippen LogP contribution in [0.15, 0.2) is 46.2 Å². The molecule has 0 aromatic heterocycles. The van der Waals surface area contributed by atoms with Gasteiger partial charge in [-0.3, -0.25) is 9.59 Å². The van der Waals surface area contributed by atoms with Gasteiger partial charge in [-0.2, -0.15) is 4.31 Å². The molecule has 7 nitrogen and oxygen atoms in total. The SMILES string of the molecule is CCN(CC)S(=O)(=O)c1ccc(C)c(NC(=O)COC(=O)CSc2cc(C)ccc2C)c1. The van der Waals surface area contributed by atoms with Gasteiger partial charge in [0, 0.05) is 23.7 Å². The normalized spacial score (nSPS) is 11.4. The van der Waals surface area contributed by atoms with Gasteiger partial charge >= 0.3 is 5.97 Å². The molecule has 2 rings (SSSR count). The maximum absolute atomic E-state index is 12.7. The summed E-state index contributed by atoms with van der Waals surface area (Å²) >= 11 is 1.36. The Morgan fingerprint density at radius 3 is 2.31 bits per heavy atom. The highest BCUT2D eigenvalue weighted by Gasteiger charge is 2.22. The molecule has 0 aliphatic heterocycles. The summed E-state index contributed by atoms with van der Waals surface area (Å²) in [4.78, 5) is 25.4. The van der Waals surface area contributed by atoms with Crippen molar-refractivity contribution in [1.82, 2.24) is 4.31 Å². The molecular formula is C23H30N2O5S2. The quantitative estimate of drug-likeness (QED) is 0.411. The molecule has 1 N–H and O–H groups in total. The topological polar surface area (TPSA) is 92.8 Å². The molecule has 0 spiro atoms. The summed E-state index contributed by atoms with van der Waals surface area (Å²) < 4.78 is 31.9. The third kappa shape index (κ3) is 6.82. The van der Waals surface area contributed by atoms with Crippen molar-refractivity contribution in [2.75, 3.05) is 30.8 Å². The van der Waals surface area contributed by atoms with Gasteiger partial charge in [0.15, 0.2) is 6.61 Å². The molecule has 0 saturated heterocycles. The first-order chi connectivity index (χ1) is 15.1. The Labute approximate surface area is 194 Å². The van der Waals surface area contributed by atoms with Crippen molar-refractivity contribution in [3.8, 4) is 0 Å². The molecule has 2 aromatic rings. The molecule has 1 amide bonds. The molecule has 0 saturated carbocycles. The number of esters is 1. The molecule has 0 heterocycles. The smallest absolute Gasteiger partial charge is 0.316 e. The van der Waals surface area contributed by atoms with Gasteiger partial charge in [-0.25, -0.2) is 8.42 Å². The van der Waals surface area contributed by atoms with Crippen LogP contribution in [0.2, 0.25) is 0 Å². The fourth-order valence-corrected chi connectivity index (χ4v) is 5.39. The number of carbonyl (C=O) groups excluding carboxylic acids is 2. The number of benzene rings is 2. The summed E-state index contributed by atoms with van der Waals surface area (Å²) in [6.07, 6.45) is 0. The van der Waals surface area contributed by atoms with Crippen LogP contribution >= 0.6 is 11.8 Å². The van der Waals surface area contributed by atoms with E-state index >= 15 is 0 Å². The standard InChI is InChI=1S/C23H30N2O5S2/c1-6-25(7-2)32(28,29)19-11-10-17(4)20(13-19)24-22(26)14-30-23(27)15-31-21-12-16(3)8-9-18(21)5/h8-13H,6-7,14-15H2,1-5H3,(H,24,26). The number of sulfonamides is 1. The molecule has 0 unspecified atom stereocenters. The number of nitrogens with zero attached hydrogens (tertiary/aromatic N) is 1. The molecule has 174 valence electrons. The Kier molecular flexibility index (Phi) is 9.30. The predicted octanol–water partition coefficient (Wildman–Crippen LogP) is 3.92. The van der Waals surface area contributed by atoms with E-state index in [-0.39, 0.29) is 10.6 Å². The number of anilines is 1. The monoisotopic (exact) mass is 478 g/mol. The van der Waals surface area contributed by atoms with Gasteiger partial charge in [-0.1, -0.05) is 37.6 Å². The molecule has 0 aliphatic rings. The maximum Gasteiger partial charge on any atom is 0.316 e. The average molecular weight is 479 g/mol. The number of hydrogen-bond donors (Lipinski definition) is 1. The van der Waals surface area contributed by atoms with E-state index in [0.717, 1.165) is 16.0 Å². The van der Waals surface area contributed by atoms with E-state index in [4.69, 9.17) is 4.74 Å². The van der Waals surface area contributed by atoms with E-state index < -0.39 is 28.5 Å². The first-order valence-corrected chi connectivity index (χ1v) is 12.8. The van der Waals surface area contributed by atoms with E-state index in [0.29, 0.717) is 24.3 Å². The number of rotatable bonds is 10. The van der Waals surface area contributed by atoms with Crippen LogP contribution in [0.1, 0.15) is 30.5 Å². The van der Waals surface area contributed by atoms with Crippen LogP contribution in [0.3, 0.4) is 0 Å². The molecular weight excluding hydrogens is 448 g/mol. The van der Waals surface area contributed by atoms with Gasteiger partial charge < -0.3 is 10.1 Å². The molecule has 32 heavy (non-hydrogen) atoms. The summed E-state index contributed by atoms with van der Waals surface area (Å²) in [7, 11) is -3.65. The third-order valence-electron chi connectivity index (χ3n) is 4.88. The van der Waals surface area contributed by atoms with Crippen molar-refractivity contribution in [2.24, 2.45) is 0 Å². The Bertz CT molecular complexity index is 1080. The number of carbonyl (C=O) groups is 2. The molecule has 0 atom stereocenters. The molecule has 0 aliphatic carbocycles. The van der Waals surface area contributed by atoms with Crippen LogP contribution in [0.25, 0.3) is 0 Å². The van der Waals surface area contributed by atoms with E-state index in [2.05, 4.69) is 5.32 Å². The minimum absolute atomic E-state index is 0.0915. The van der Waals surface area contributed by atoms with E-state index in [9.17, 15) is 18.0 Å². The van der Waals surface area contributed by atoms with Crippen LogP contribution in [0.5, 0.6) is 0 Å². The minimum atomic E-state index is -3.65. The second kappa shape index (κ2) is 11.5. The Morgan fingerprint density at radius 1 is 1.00 bits per heavy atom. The lowest BCUT2D eigenvalue weighted by atomic mass is 10.2. The zero-order valence-corrected chi connectivity index (χ0v) is 20.7. The Morgan fingerprint density at radius 2 is 1.66 bits per heavy atom. The van der Waals surface area contributed by atoms with Crippen molar-refractivity contribution >= 4 is 39.3 Å². The number of aryl methyl sites for hydroxylation is 3. The van der Waals surface area contributed by atoms with Crippen LogP contribution in [0, 0.1) is 20.8 Å². The fourth-order valence-electron chi connectivity index (χ4n) is 2.98. The summed E-state index contributed by atoms with van der Waals surface area (Å²) in [6.45, 7) is 9.51. The van der Waals surface area contributed by atoms with Gasteiger partial charge in [0.05, 0.1) is 10.6 Å². The predicted molar refractivity (Wildman–Crippen MR) is 128 cm³/mol. The molecule has 0 radical (unpaired) electrons. The first-order valence-electron chi connectivity index (χ1n) is 10.3. The van der Waals surface area contributed by atoms with Crippen molar-refractivity contribution < 1.29 is 22.7 Å². The molecule has 2 aromatic carbocycles. The van der Waals surface area contributed by atoms with Gasteiger partial charge in [-0.05, 0) is 50.1 Å². The number of nitrogens with one attached hydrogen (secondary N) is 1. The molecule has 0 fully saturated rings. The number of thioether (sulfide) groups is 1. The summed E-state index contributed by atoms with van der Waals surface area (Å²) in [5.41, 5.74) is 3.24. The second-order valence-electron chi connectivity index (χ2n) is 7.33. The molecule has 9 heteroatoms. The van der Waals surface area contributed by atoms with Crippen molar-refractivity contribution in [2.45, 2.75) is 44.4 Å². The summed E-state index contributed by atoms with van der Waals surface area (Å²) in [6, 6.07) is 10.6. The van der Waals surface area contributed by atoms with Crippen molar-refractivity contribution in [3.63, 3.8) is 0 Å². The van der Waals surface area contributed by atoms with Crippen LogP contribution in [0.4, 0.5) is 5.69 Å². The second-order valence-corrected chi connectivity index (χ2v) is 10.3. The molecule has 0 bridgehead atoms. The summed E-state index contributed by atoms with van der Waals surface area (Å²) in [5.74, 6) is -0.940. The Balaban J connectivity index is 1.96. The lowest BCUT2D eigenvalue weighted by molar-refractivity contribution is -0.144. The van der Waals surface area contributed by atoms with E-state index in [1.807, 2.05) is 32.0 Å². The highest BCUT2D eigenvalue weighted by Crippen LogP contribution is 2.24. The van der Waals surface area contributed by atoms with E-state index in [1.165, 1.54) is 28.2 Å². The van der Waals surface area contributed by atoms with Crippen LogP contribution < -0.4 is 5.32 Å². The van der Waals surface area contributed by atoms with Crippen LogP contribution in [-0.2, 0) is 24.3 Å². The minimum Gasteiger partial charge on any atom is -0.455 e. The van der Waals surface area contributed by atoms with Crippen molar-refractivity contribution in [3.05, 3.63) is 53.1 Å². The van der Waals surface area contributed by atoms with Crippen LogP contribution in [-0.4, -0.2) is 50.0 Å². The highest BCUT2D eigenvalue weighted by atomic mass is 32.2. The van der Waals surface area contributed by atoms with Gasteiger partial charge in [0.1, 0.15) is 0 Å². The largest absolute Gasteiger partial charge is 0.455 e. The van der Waals surface area contributed by atoms with E-state index in [1.54, 1.807) is 26.8 Å². The fraction of sp³-hybridized carbons (Fsp3) is 0.391. The zero-order valence-electron chi connectivity index (χ0n) is 19.1. The highest BCUT2D eigenvalue weighted by molar-refractivity contribution is 8.00. The lowest BCUT2D eigenvalue weighted by Gasteiger charge is -2.19. The number of hydrogen-bond acceptors (Lipinski definition) is 6. The van der Waals surface area contributed by atoms with Gasteiger partial charge in [0.25, 0.3) is 5.91 Å². The first kappa shape index (κ1) is 25.9. The third-order valence-corrected chi connectivity index (χ3v) is 8.06. The van der Waals surface area contributed by atoms with Crippen molar-refractivity contribution in [1.29, 1.82) is 0 Å². The Hall–Kier alpha value is -2.36. The number of amides is 1. The number of ether oxygens (including phenoxy) is 1. The lowest BCUT2D eigenvalue weighted by Crippen LogP contribution is -2.30. The zero-order chi connectivity index (χ0) is 23.9. The maximum atomic E-state index is 12.7. The average Bonchev–Trinajstić information content (AvgIpc) is 2.75. The summed E-state index contributed by atoms with van der Waals surface area (Å²) in [5, 5.41) is 2.64. The van der Waals surface area contributed by atoms with Gasteiger partial charge in [0.2, 0.25) is 10.0 Å². The van der Waals surface area contributed by atoms with Gasteiger partial charge in [-0.15, -0.1) is 11.8 Å².